The van der Waals surface area contributed by atoms with E-state index in [2.05, 4.69) is 5.32 Å². The Hall–Kier alpha value is -1.57. The number of carbonyl (C=O) groups excluding carboxylic acids is 2. The SMILES string of the molecule is CCC(=O)N1CCC(CNC(=O)CC#N)CC1. The molecular weight excluding hydrogens is 218 g/mol. The van der Waals surface area contributed by atoms with E-state index in [0.717, 1.165) is 25.9 Å². The van der Waals surface area contributed by atoms with Crippen molar-refractivity contribution in [3.05, 3.63) is 0 Å². The minimum absolute atomic E-state index is 0.0762. The lowest BCUT2D eigenvalue weighted by Crippen LogP contribution is -2.41. The van der Waals surface area contributed by atoms with Crippen molar-refractivity contribution < 1.29 is 9.59 Å². The van der Waals surface area contributed by atoms with Crippen LogP contribution in [0.5, 0.6) is 0 Å². The van der Waals surface area contributed by atoms with Crippen LogP contribution in [-0.2, 0) is 9.59 Å². The number of carbonyl (C=O) groups is 2. The van der Waals surface area contributed by atoms with Gasteiger partial charge in [-0.15, -0.1) is 0 Å². The average Bonchev–Trinajstić information content (AvgIpc) is 2.36. The van der Waals surface area contributed by atoms with Crippen LogP contribution < -0.4 is 5.32 Å². The van der Waals surface area contributed by atoms with Crippen molar-refractivity contribution >= 4 is 11.8 Å². The maximum Gasteiger partial charge on any atom is 0.234 e. The summed E-state index contributed by atoms with van der Waals surface area (Å²) in [5, 5.41) is 11.1. The van der Waals surface area contributed by atoms with E-state index >= 15 is 0 Å². The number of nitriles is 1. The van der Waals surface area contributed by atoms with E-state index in [0.29, 0.717) is 18.9 Å². The Morgan fingerprint density at radius 2 is 2.06 bits per heavy atom. The van der Waals surface area contributed by atoms with Crippen LogP contribution in [0.25, 0.3) is 0 Å². The molecule has 1 aliphatic heterocycles. The standard InChI is InChI=1S/C12H19N3O2/c1-2-12(17)15-7-4-10(5-8-15)9-14-11(16)3-6-13/h10H,2-5,7-9H2,1H3,(H,14,16). The number of hydrogen-bond acceptors (Lipinski definition) is 3. The van der Waals surface area contributed by atoms with Crippen molar-refractivity contribution in [1.82, 2.24) is 10.2 Å². The quantitative estimate of drug-likeness (QED) is 0.780. The van der Waals surface area contributed by atoms with Gasteiger partial charge >= 0.3 is 0 Å². The van der Waals surface area contributed by atoms with Crippen LogP contribution in [-0.4, -0.2) is 36.3 Å². The highest BCUT2D eigenvalue weighted by atomic mass is 16.2. The molecule has 2 amide bonds. The third kappa shape index (κ3) is 4.43. The zero-order valence-electron chi connectivity index (χ0n) is 10.2. The van der Waals surface area contributed by atoms with Gasteiger partial charge in [-0.3, -0.25) is 9.59 Å². The number of hydrogen-bond donors (Lipinski definition) is 1. The van der Waals surface area contributed by atoms with Gasteiger partial charge < -0.3 is 10.2 Å². The molecule has 1 fully saturated rings. The van der Waals surface area contributed by atoms with E-state index in [1.165, 1.54) is 0 Å². The molecule has 1 N–H and O–H groups in total. The lowest BCUT2D eigenvalue weighted by Gasteiger charge is -2.31. The first-order valence-corrected chi connectivity index (χ1v) is 6.08. The summed E-state index contributed by atoms with van der Waals surface area (Å²) in [5.74, 6) is 0.426. The summed E-state index contributed by atoms with van der Waals surface area (Å²) in [6.45, 7) is 4.06. The van der Waals surface area contributed by atoms with Crippen molar-refractivity contribution in [2.24, 2.45) is 5.92 Å². The molecule has 5 heteroatoms. The van der Waals surface area contributed by atoms with Crippen molar-refractivity contribution in [1.29, 1.82) is 5.26 Å². The van der Waals surface area contributed by atoms with Gasteiger partial charge in [0.15, 0.2) is 0 Å². The van der Waals surface area contributed by atoms with Crippen molar-refractivity contribution in [3.63, 3.8) is 0 Å². The first-order chi connectivity index (χ1) is 8.17. The Bertz CT molecular complexity index is 314. The maximum atomic E-state index is 11.4. The third-order valence-corrected chi connectivity index (χ3v) is 3.10. The molecule has 0 unspecified atom stereocenters. The molecule has 94 valence electrons. The molecule has 5 nitrogen and oxygen atoms in total. The largest absolute Gasteiger partial charge is 0.355 e. The van der Waals surface area contributed by atoms with Crippen LogP contribution >= 0.6 is 0 Å². The molecule has 1 saturated heterocycles. The second kappa shape index (κ2) is 6.89. The fourth-order valence-corrected chi connectivity index (χ4v) is 2.00. The van der Waals surface area contributed by atoms with Gasteiger partial charge in [-0.1, -0.05) is 6.92 Å². The first kappa shape index (κ1) is 13.5. The van der Waals surface area contributed by atoms with Crippen LogP contribution in [0.4, 0.5) is 0 Å². The van der Waals surface area contributed by atoms with Gasteiger partial charge in [-0.2, -0.15) is 5.26 Å². The summed E-state index contributed by atoms with van der Waals surface area (Å²) in [7, 11) is 0. The predicted molar refractivity (Wildman–Crippen MR) is 62.8 cm³/mol. The Morgan fingerprint density at radius 3 is 2.59 bits per heavy atom. The average molecular weight is 237 g/mol. The van der Waals surface area contributed by atoms with Crippen LogP contribution in [0, 0.1) is 17.2 Å². The van der Waals surface area contributed by atoms with Crippen molar-refractivity contribution in [2.75, 3.05) is 19.6 Å². The summed E-state index contributed by atoms with van der Waals surface area (Å²) in [5.41, 5.74) is 0. The summed E-state index contributed by atoms with van der Waals surface area (Å²) in [6.07, 6.45) is 2.34. The zero-order chi connectivity index (χ0) is 12.7. The Labute approximate surface area is 102 Å². The Kier molecular flexibility index (Phi) is 5.47. The number of piperidine rings is 1. The second-order valence-electron chi connectivity index (χ2n) is 4.32. The van der Waals surface area contributed by atoms with E-state index in [9.17, 15) is 9.59 Å². The second-order valence-corrected chi connectivity index (χ2v) is 4.32. The fraction of sp³-hybridized carbons (Fsp3) is 0.750. The molecule has 0 aromatic rings. The van der Waals surface area contributed by atoms with E-state index in [-0.39, 0.29) is 18.2 Å². The highest BCUT2D eigenvalue weighted by Crippen LogP contribution is 2.16. The van der Waals surface area contributed by atoms with Crippen LogP contribution in [0.2, 0.25) is 0 Å². The molecule has 1 aliphatic rings. The highest BCUT2D eigenvalue weighted by Gasteiger charge is 2.21. The maximum absolute atomic E-state index is 11.4. The molecule has 1 rings (SSSR count). The molecule has 0 spiro atoms. The van der Waals surface area contributed by atoms with Gasteiger partial charge in [0, 0.05) is 26.1 Å². The molecule has 0 aliphatic carbocycles. The monoisotopic (exact) mass is 237 g/mol. The predicted octanol–water partition coefficient (Wildman–Crippen LogP) is 0.665. The van der Waals surface area contributed by atoms with E-state index in [1.807, 2.05) is 17.9 Å². The minimum atomic E-state index is -0.209. The van der Waals surface area contributed by atoms with E-state index in [4.69, 9.17) is 5.26 Å². The Morgan fingerprint density at radius 1 is 1.41 bits per heavy atom. The molecule has 0 saturated carbocycles. The normalized spacial score (nSPS) is 16.4. The lowest BCUT2D eigenvalue weighted by atomic mass is 9.96. The number of nitrogens with one attached hydrogen (secondary N) is 1. The van der Waals surface area contributed by atoms with Gasteiger partial charge in [-0.05, 0) is 18.8 Å². The minimum Gasteiger partial charge on any atom is -0.355 e. The van der Waals surface area contributed by atoms with Crippen molar-refractivity contribution in [2.45, 2.75) is 32.6 Å². The summed E-state index contributed by atoms with van der Waals surface area (Å²) < 4.78 is 0. The molecule has 0 aromatic heterocycles. The number of likely N-dealkylation sites (tertiary alicyclic amines) is 1. The van der Waals surface area contributed by atoms with Gasteiger partial charge in [-0.25, -0.2) is 0 Å². The van der Waals surface area contributed by atoms with Gasteiger partial charge in [0.25, 0.3) is 0 Å². The van der Waals surface area contributed by atoms with Gasteiger partial charge in [0.05, 0.1) is 6.07 Å². The van der Waals surface area contributed by atoms with Crippen molar-refractivity contribution in [3.8, 4) is 6.07 Å². The van der Waals surface area contributed by atoms with Crippen LogP contribution in [0.3, 0.4) is 0 Å². The molecule has 1 heterocycles. The summed E-state index contributed by atoms with van der Waals surface area (Å²) in [6, 6.07) is 1.82. The molecule has 0 atom stereocenters. The highest BCUT2D eigenvalue weighted by molar-refractivity contribution is 5.78. The van der Waals surface area contributed by atoms with Crippen LogP contribution in [0.15, 0.2) is 0 Å². The first-order valence-electron chi connectivity index (χ1n) is 6.08. The third-order valence-electron chi connectivity index (χ3n) is 3.10. The molecule has 0 aromatic carbocycles. The van der Waals surface area contributed by atoms with Gasteiger partial charge in [0.1, 0.15) is 6.42 Å². The lowest BCUT2D eigenvalue weighted by molar-refractivity contribution is -0.132. The summed E-state index contributed by atoms with van der Waals surface area (Å²) in [4.78, 5) is 24.4. The topological polar surface area (TPSA) is 73.2 Å². The van der Waals surface area contributed by atoms with Crippen LogP contribution in [0.1, 0.15) is 32.6 Å². The Balaban J connectivity index is 2.21. The van der Waals surface area contributed by atoms with E-state index in [1.54, 1.807) is 0 Å². The number of nitrogens with zero attached hydrogens (tertiary/aromatic N) is 2. The number of amides is 2. The fourth-order valence-electron chi connectivity index (χ4n) is 2.00. The molecule has 17 heavy (non-hydrogen) atoms. The summed E-state index contributed by atoms with van der Waals surface area (Å²) >= 11 is 0. The number of rotatable bonds is 4. The molecular formula is C12H19N3O2. The molecule has 0 bridgehead atoms. The molecule has 0 radical (unpaired) electrons. The van der Waals surface area contributed by atoms with Gasteiger partial charge in [0.2, 0.25) is 11.8 Å². The zero-order valence-corrected chi connectivity index (χ0v) is 10.2. The van der Waals surface area contributed by atoms with E-state index < -0.39 is 0 Å². The smallest absolute Gasteiger partial charge is 0.234 e.